The van der Waals surface area contributed by atoms with Crippen LogP contribution in [0.3, 0.4) is 0 Å². The van der Waals surface area contributed by atoms with Crippen molar-refractivity contribution in [3.05, 3.63) is 82.8 Å². The van der Waals surface area contributed by atoms with Crippen LogP contribution in [0.25, 0.3) is 0 Å². The molecule has 2 saturated heterocycles. The number of ether oxygens (including phenoxy) is 1. The van der Waals surface area contributed by atoms with Gasteiger partial charge < -0.3 is 30.7 Å². The SMILES string of the molecule is O=C1CCC(N2C(=O)c3cccc(NCCOCCC(=O)N4CCC(Nc5cc(C(=O)NC[C@H](O)CN6CCc7ccccc7C6)ncn5)CC4)c3C2=O)C(=O)N1. The molecule has 2 aromatic carbocycles. The maximum atomic E-state index is 13.3. The highest BCUT2D eigenvalue weighted by atomic mass is 16.5. The van der Waals surface area contributed by atoms with Gasteiger partial charge in [-0.3, -0.25) is 43.9 Å². The van der Waals surface area contributed by atoms with Gasteiger partial charge in [0.05, 0.1) is 36.9 Å². The van der Waals surface area contributed by atoms with Gasteiger partial charge in [-0.25, -0.2) is 9.97 Å². The Morgan fingerprint density at radius 3 is 2.54 bits per heavy atom. The second-order valence-electron chi connectivity index (χ2n) is 14.7. The average Bonchev–Trinajstić information content (AvgIpc) is 3.47. The first-order valence-corrected chi connectivity index (χ1v) is 19.4. The number of benzene rings is 2. The Bertz CT molecular complexity index is 2020. The van der Waals surface area contributed by atoms with E-state index in [1.807, 2.05) is 12.1 Å². The molecule has 0 aliphatic carbocycles. The van der Waals surface area contributed by atoms with Gasteiger partial charge in [-0.1, -0.05) is 30.3 Å². The quantitative estimate of drug-likeness (QED) is 0.107. The van der Waals surface area contributed by atoms with Crippen molar-refractivity contribution in [3.63, 3.8) is 0 Å². The lowest BCUT2D eigenvalue weighted by Crippen LogP contribution is -2.54. The number of hydrogen-bond acceptors (Lipinski definition) is 13. The molecule has 0 saturated carbocycles. The van der Waals surface area contributed by atoms with E-state index in [2.05, 4.69) is 48.3 Å². The van der Waals surface area contributed by atoms with Gasteiger partial charge in [0.1, 0.15) is 23.9 Å². The molecule has 57 heavy (non-hydrogen) atoms. The Hall–Kier alpha value is -5.78. The predicted molar refractivity (Wildman–Crippen MR) is 206 cm³/mol. The molecule has 3 aromatic rings. The van der Waals surface area contributed by atoms with Crippen molar-refractivity contribution in [2.24, 2.45) is 0 Å². The Morgan fingerprint density at radius 1 is 0.930 bits per heavy atom. The number of hydrogen-bond donors (Lipinski definition) is 5. The Morgan fingerprint density at radius 2 is 1.74 bits per heavy atom. The minimum Gasteiger partial charge on any atom is -0.390 e. The van der Waals surface area contributed by atoms with Crippen LogP contribution in [0.5, 0.6) is 0 Å². The average molecular weight is 782 g/mol. The van der Waals surface area contributed by atoms with Gasteiger partial charge in [-0.2, -0.15) is 0 Å². The number of imide groups is 2. The molecule has 4 aliphatic rings. The second-order valence-corrected chi connectivity index (χ2v) is 14.7. The summed E-state index contributed by atoms with van der Waals surface area (Å²) < 4.78 is 5.70. The van der Waals surface area contributed by atoms with Crippen molar-refractivity contribution in [3.8, 4) is 0 Å². The van der Waals surface area contributed by atoms with E-state index in [0.717, 1.165) is 24.4 Å². The van der Waals surface area contributed by atoms with Crippen LogP contribution in [0.1, 0.15) is 74.4 Å². The zero-order valence-electron chi connectivity index (χ0n) is 31.6. The molecule has 5 N–H and O–H groups in total. The molecular weight excluding hydrogens is 734 g/mol. The largest absolute Gasteiger partial charge is 0.390 e. The highest BCUT2D eigenvalue weighted by Crippen LogP contribution is 2.32. The number of amides is 6. The molecule has 2 fully saturated rings. The third-order valence-electron chi connectivity index (χ3n) is 10.8. The lowest BCUT2D eigenvalue weighted by atomic mass is 10.00. The van der Waals surface area contributed by atoms with Crippen LogP contribution in [-0.2, 0) is 32.1 Å². The van der Waals surface area contributed by atoms with Gasteiger partial charge in [0.25, 0.3) is 17.7 Å². The molecule has 17 heteroatoms. The molecule has 0 radical (unpaired) electrons. The van der Waals surface area contributed by atoms with Crippen LogP contribution in [-0.4, -0.2) is 136 Å². The molecule has 2 atom stereocenters. The number of carbonyl (C=O) groups excluding carboxylic acids is 6. The summed E-state index contributed by atoms with van der Waals surface area (Å²) in [5, 5.41) is 22.1. The lowest BCUT2D eigenvalue weighted by molar-refractivity contribution is -0.136. The normalized spacial score (nSPS) is 19.1. The summed E-state index contributed by atoms with van der Waals surface area (Å²) in [5.74, 6) is -2.17. The monoisotopic (exact) mass is 781 g/mol. The number of rotatable bonds is 15. The fourth-order valence-electron chi connectivity index (χ4n) is 7.76. The Labute approximate surface area is 329 Å². The number of fused-ring (bicyclic) bond motifs is 2. The van der Waals surface area contributed by atoms with Crippen LogP contribution in [0, 0.1) is 0 Å². The summed E-state index contributed by atoms with van der Waals surface area (Å²) >= 11 is 0. The minimum absolute atomic E-state index is 0.0202. The highest BCUT2D eigenvalue weighted by Gasteiger charge is 2.45. The number of aliphatic hydroxyl groups is 1. The molecular formula is C40H47N9O8. The van der Waals surface area contributed by atoms with E-state index < -0.39 is 41.7 Å². The van der Waals surface area contributed by atoms with Crippen LogP contribution in [0.2, 0.25) is 0 Å². The maximum Gasteiger partial charge on any atom is 0.270 e. The van der Waals surface area contributed by atoms with Crippen LogP contribution in [0.4, 0.5) is 11.5 Å². The second kappa shape index (κ2) is 18.0. The summed E-state index contributed by atoms with van der Waals surface area (Å²) in [7, 11) is 0. The lowest BCUT2D eigenvalue weighted by Gasteiger charge is -2.32. The van der Waals surface area contributed by atoms with Crippen LogP contribution in [0.15, 0.2) is 54.9 Å². The van der Waals surface area contributed by atoms with E-state index in [9.17, 15) is 33.9 Å². The molecule has 1 unspecified atom stereocenters. The van der Waals surface area contributed by atoms with Gasteiger partial charge in [-0.15, -0.1) is 0 Å². The van der Waals surface area contributed by atoms with Crippen molar-refractivity contribution in [1.82, 2.24) is 35.3 Å². The highest BCUT2D eigenvalue weighted by molar-refractivity contribution is 6.25. The van der Waals surface area contributed by atoms with E-state index in [1.54, 1.807) is 23.1 Å². The molecule has 300 valence electrons. The van der Waals surface area contributed by atoms with E-state index in [1.165, 1.54) is 23.5 Å². The van der Waals surface area contributed by atoms with Gasteiger partial charge in [0.2, 0.25) is 17.7 Å². The first kappa shape index (κ1) is 39.5. The molecule has 17 nitrogen and oxygen atoms in total. The fraction of sp³-hybridized carbons (Fsp3) is 0.450. The number of aliphatic hydroxyl groups excluding tert-OH is 1. The number of piperidine rings is 2. The van der Waals surface area contributed by atoms with Gasteiger partial charge in [0.15, 0.2) is 0 Å². The van der Waals surface area contributed by atoms with Gasteiger partial charge in [-0.05, 0) is 48.9 Å². The van der Waals surface area contributed by atoms with Gasteiger partial charge in [0, 0.05) is 70.0 Å². The number of nitrogens with one attached hydrogen (secondary N) is 4. The van der Waals surface area contributed by atoms with Crippen molar-refractivity contribution < 1.29 is 38.6 Å². The summed E-state index contributed by atoms with van der Waals surface area (Å²) in [5.41, 5.74) is 3.60. The summed E-state index contributed by atoms with van der Waals surface area (Å²) in [6.45, 7) is 4.07. The standard InChI is InChI=1S/C40H47N9O8/c50-28(23-47-15-10-25-4-1-2-5-26(25)22-47)21-42-37(53)31-20-33(44-24-43-31)45-27-11-16-48(17-12-27)35(52)13-18-57-19-14-41-30-7-3-6-29-36(30)40(56)49(39(29)55)32-8-9-34(51)46-38(32)54/h1-7,20,24,27-28,32,41,50H,8-19,21-23H2,(H,42,53)(H,43,44,45)(H,46,51,54)/t28-,32?/m0/s1. The summed E-state index contributed by atoms with van der Waals surface area (Å²) in [6, 6.07) is 13.8. The van der Waals surface area contributed by atoms with E-state index >= 15 is 0 Å². The van der Waals surface area contributed by atoms with E-state index in [0.29, 0.717) is 50.5 Å². The van der Waals surface area contributed by atoms with E-state index in [4.69, 9.17) is 4.74 Å². The zero-order valence-corrected chi connectivity index (χ0v) is 31.6. The molecule has 0 spiro atoms. The molecule has 6 amide bonds. The van der Waals surface area contributed by atoms with E-state index in [-0.39, 0.29) is 67.8 Å². The van der Waals surface area contributed by atoms with Crippen LogP contribution >= 0.6 is 0 Å². The first-order chi connectivity index (χ1) is 27.6. The Balaban J connectivity index is 0.780. The number of carbonyl (C=O) groups is 6. The van der Waals surface area contributed by atoms with Gasteiger partial charge >= 0.3 is 0 Å². The number of likely N-dealkylation sites (tertiary alicyclic amines) is 1. The van der Waals surface area contributed by atoms with Crippen molar-refractivity contribution in [2.45, 2.75) is 63.3 Å². The molecule has 5 heterocycles. The number of β-amino-alcohol motifs (C(OH)–C–C–N with tert-alkyl or cyclic N) is 1. The topological polar surface area (TPSA) is 215 Å². The maximum absolute atomic E-state index is 13.3. The number of anilines is 2. The van der Waals surface area contributed by atoms with Crippen molar-refractivity contribution >= 4 is 46.9 Å². The number of nitrogens with zero attached hydrogens (tertiary/aromatic N) is 5. The third kappa shape index (κ3) is 9.44. The molecule has 7 rings (SSSR count). The number of aromatic nitrogens is 2. The predicted octanol–water partition coefficient (Wildman–Crippen LogP) is 0.949. The first-order valence-electron chi connectivity index (χ1n) is 19.4. The molecule has 0 bridgehead atoms. The smallest absolute Gasteiger partial charge is 0.270 e. The van der Waals surface area contributed by atoms with Crippen molar-refractivity contribution in [1.29, 1.82) is 0 Å². The Kier molecular flexibility index (Phi) is 12.5. The fourth-order valence-corrected chi connectivity index (χ4v) is 7.76. The summed E-state index contributed by atoms with van der Waals surface area (Å²) in [6.07, 6.45) is 3.26. The minimum atomic E-state index is -1.04. The zero-order chi connectivity index (χ0) is 39.9. The molecule has 1 aromatic heterocycles. The van der Waals surface area contributed by atoms with Crippen molar-refractivity contribution in [2.75, 3.05) is 63.1 Å². The molecule has 4 aliphatic heterocycles. The summed E-state index contributed by atoms with van der Waals surface area (Å²) in [4.78, 5) is 89.4. The van der Waals surface area contributed by atoms with Crippen LogP contribution < -0.4 is 21.3 Å². The third-order valence-corrected chi connectivity index (χ3v) is 10.8.